The summed E-state index contributed by atoms with van der Waals surface area (Å²) in [5.41, 5.74) is -0.423. The molecule has 0 aliphatic rings. The van der Waals surface area contributed by atoms with E-state index in [4.69, 9.17) is 28.3 Å². The van der Waals surface area contributed by atoms with Gasteiger partial charge in [0, 0.05) is 6.04 Å². The van der Waals surface area contributed by atoms with Gasteiger partial charge in [-0.1, -0.05) is 37.0 Å². The summed E-state index contributed by atoms with van der Waals surface area (Å²) in [6.07, 6.45) is 0. The molecule has 0 aliphatic heterocycles. The Morgan fingerprint density at radius 1 is 1.25 bits per heavy atom. The molecule has 0 saturated carbocycles. The Balaban J connectivity index is 3.34. The van der Waals surface area contributed by atoms with Crippen LogP contribution in [0.3, 0.4) is 0 Å². The smallest absolute Gasteiger partial charge is 0.338 e. The first kappa shape index (κ1) is 17.2. The van der Waals surface area contributed by atoms with Crippen molar-refractivity contribution >= 4 is 39.2 Å². The molecule has 0 aliphatic carbocycles. The van der Waals surface area contributed by atoms with Crippen molar-refractivity contribution in [3.8, 4) is 0 Å². The molecular weight excluding hydrogens is 325 g/mol. The van der Waals surface area contributed by atoms with Crippen LogP contribution in [-0.2, 0) is 10.0 Å². The summed E-state index contributed by atoms with van der Waals surface area (Å²) in [7, 11) is -3.91. The van der Waals surface area contributed by atoms with Crippen LogP contribution in [0.4, 0.5) is 0 Å². The minimum atomic E-state index is -3.91. The zero-order valence-corrected chi connectivity index (χ0v) is 13.5. The molecule has 0 amide bonds. The molecule has 5 nitrogen and oxygen atoms in total. The summed E-state index contributed by atoms with van der Waals surface area (Å²) >= 11 is 11.6. The number of hydrogen-bond acceptors (Lipinski definition) is 3. The van der Waals surface area contributed by atoms with Crippen molar-refractivity contribution < 1.29 is 18.3 Å². The van der Waals surface area contributed by atoms with Crippen LogP contribution in [0, 0.1) is 5.92 Å². The second kappa shape index (κ2) is 6.30. The van der Waals surface area contributed by atoms with E-state index in [0.29, 0.717) is 0 Å². The number of hydrogen-bond donors (Lipinski definition) is 2. The van der Waals surface area contributed by atoms with Gasteiger partial charge in [-0.15, -0.1) is 0 Å². The second-order valence-corrected chi connectivity index (χ2v) is 7.16. The van der Waals surface area contributed by atoms with Crippen molar-refractivity contribution in [2.45, 2.75) is 31.7 Å². The Morgan fingerprint density at radius 3 is 2.25 bits per heavy atom. The van der Waals surface area contributed by atoms with E-state index in [1.807, 2.05) is 13.8 Å². The van der Waals surface area contributed by atoms with Gasteiger partial charge in [-0.3, -0.25) is 0 Å². The van der Waals surface area contributed by atoms with E-state index in [1.165, 1.54) is 12.1 Å². The molecule has 1 aromatic rings. The molecule has 20 heavy (non-hydrogen) atoms. The SMILES string of the molecule is CC(C)C(C)NS(=O)(=O)c1ccc(Cl)c(C(=O)O)c1Cl. The second-order valence-electron chi connectivity index (χ2n) is 4.69. The minimum Gasteiger partial charge on any atom is -0.478 e. The number of carboxylic acids is 1. The normalized spacial score (nSPS) is 13.5. The lowest BCUT2D eigenvalue weighted by Crippen LogP contribution is -2.36. The first-order chi connectivity index (χ1) is 9.08. The number of nitrogens with one attached hydrogen (secondary N) is 1. The topological polar surface area (TPSA) is 83.5 Å². The van der Waals surface area contributed by atoms with Gasteiger partial charge in [0.1, 0.15) is 4.90 Å². The van der Waals surface area contributed by atoms with Gasteiger partial charge in [0.15, 0.2) is 0 Å². The maximum absolute atomic E-state index is 12.2. The lowest BCUT2D eigenvalue weighted by Gasteiger charge is -2.18. The highest BCUT2D eigenvalue weighted by molar-refractivity contribution is 7.89. The highest BCUT2D eigenvalue weighted by Crippen LogP contribution is 2.31. The summed E-state index contributed by atoms with van der Waals surface area (Å²) in [4.78, 5) is 10.8. The molecule has 0 heterocycles. The Labute approximate surface area is 127 Å². The number of carboxylic acid groups (broad SMARTS) is 1. The summed E-state index contributed by atoms with van der Waals surface area (Å²) in [5.74, 6) is -1.30. The number of halogens is 2. The standard InChI is InChI=1S/C12H15Cl2NO4S/c1-6(2)7(3)15-20(18,19)9-5-4-8(13)10(11(9)14)12(16)17/h4-7,15H,1-3H3,(H,16,17). The van der Waals surface area contributed by atoms with Crippen LogP contribution in [0.25, 0.3) is 0 Å². The van der Waals surface area contributed by atoms with Crippen molar-refractivity contribution in [2.75, 3.05) is 0 Å². The van der Waals surface area contributed by atoms with Crippen LogP contribution in [0.1, 0.15) is 31.1 Å². The molecule has 0 aromatic heterocycles. The number of rotatable bonds is 5. The number of benzene rings is 1. The molecular formula is C12H15Cl2NO4S. The first-order valence-corrected chi connectivity index (χ1v) is 8.05. The summed E-state index contributed by atoms with van der Waals surface area (Å²) in [6, 6.07) is 2.07. The molecule has 0 bridgehead atoms. The molecule has 0 radical (unpaired) electrons. The molecule has 1 rings (SSSR count). The first-order valence-electron chi connectivity index (χ1n) is 5.81. The van der Waals surface area contributed by atoms with Gasteiger partial charge in [0.05, 0.1) is 15.6 Å². The maximum atomic E-state index is 12.2. The van der Waals surface area contributed by atoms with Gasteiger partial charge in [-0.2, -0.15) is 0 Å². The van der Waals surface area contributed by atoms with Gasteiger partial charge >= 0.3 is 5.97 Å². The van der Waals surface area contributed by atoms with Crippen LogP contribution in [-0.4, -0.2) is 25.5 Å². The van der Waals surface area contributed by atoms with Gasteiger partial charge < -0.3 is 5.11 Å². The van der Waals surface area contributed by atoms with E-state index in [2.05, 4.69) is 4.72 Å². The van der Waals surface area contributed by atoms with Crippen molar-refractivity contribution in [3.05, 3.63) is 27.7 Å². The average Bonchev–Trinajstić information content (AvgIpc) is 2.26. The van der Waals surface area contributed by atoms with E-state index in [1.54, 1.807) is 6.92 Å². The zero-order valence-electron chi connectivity index (χ0n) is 11.1. The third kappa shape index (κ3) is 3.63. The fourth-order valence-corrected chi connectivity index (χ4v) is 3.69. The van der Waals surface area contributed by atoms with Gasteiger partial charge in [-0.25, -0.2) is 17.9 Å². The van der Waals surface area contributed by atoms with Crippen molar-refractivity contribution in [1.29, 1.82) is 0 Å². The van der Waals surface area contributed by atoms with E-state index < -0.39 is 26.6 Å². The molecule has 0 fully saturated rings. The molecule has 0 spiro atoms. The highest BCUT2D eigenvalue weighted by Gasteiger charge is 2.26. The minimum absolute atomic E-state index is 0.0785. The van der Waals surface area contributed by atoms with E-state index in [-0.39, 0.29) is 21.9 Å². The van der Waals surface area contributed by atoms with Crippen molar-refractivity contribution in [3.63, 3.8) is 0 Å². The monoisotopic (exact) mass is 339 g/mol. The van der Waals surface area contributed by atoms with Crippen molar-refractivity contribution in [1.82, 2.24) is 4.72 Å². The predicted molar refractivity (Wildman–Crippen MR) is 78.0 cm³/mol. The average molecular weight is 340 g/mol. The van der Waals surface area contributed by atoms with Crippen LogP contribution in [0.15, 0.2) is 17.0 Å². The van der Waals surface area contributed by atoms with Crippen LogP contribution < -0.4 is 4.72 Å². The molecule has 1 aromatic carbocycles. The van der Waals surface area contributed by atoms with Crippen LogP contribution in [0.2, 0.25) is 10.0 Å². The largest absolute Gasteiger partial charge is 0.478 e. The lowest BCUT2D eigenvalue weighted by molar-refractivity contribution is 0.0697. The summed E-state index contributed by atoms with van der Waals surface area (Å²) in [6.45, 7) is 5.43. The summed E-state index contributed by atoms with van der Waals surface area (Å²) in [5, 5.41) is 8.52. The predicted octanol–water partition coefficient (Wildman–Crippen LogP) is 3.01. The maximum Gasteiger partial charge on any atom is 0.338 e. The Morgan fingerprint density at radius 2 is 1.80 bits per heavy atom. The molecule has 1 unspecified atom stereocenters. The molecule has 112 valence electrons. The Bertz CT molecular complexity index is 629. The quantitative estimate of drug-likeness (QED) is 0.863. The fraction of sp³-hybridized carbons (Fsp3) is 0.417. The van der Waals surface area contributed by atoms with Crippen LogP contribution in [0.5, 0.6) is 0 Å². The Hall–Kier alpha value is -0.820. The molecule has 2 N–H and O–H groups in total. The third-order valence-corrected chi connectivity index (χ3v) is 5.32. The van der Waals surface area contributed by atoms with Crippen molar-refractivity contribution in [2.24, 2.45) is 5.92 Å². The molecule has 0 saturated heterocycles. The fourth-order valence-electron chi connectivity index (χ4n) is 1.38. The number of aromatic carboxylic acids is 1. The third-order valence-electron chi connectivity index (χ3n) is 2.90. The van der Waals surface area contributed by atoms with E-state index in [0.717, 1.165) is 0 Å². The molecule has 8 heteroatoms. The summed E-state index contributed by atoms with van der Waals surface area (Å²) < 4.78 is 26.9. The van der Waals surface area contributed by atoms with E-state index >= 15 is 0 Å². The number of sulfonamides is 1. The van der Waals surface area contributed by atoms with Gasteiger partial charge in [0.2, 0.25) is 10.0 Å². The Kier molecular flexibility index (Phi) is 5.43. The van der Waals surface area contributed by atoms with E-state index in [9.17, 15) is 13.2 Å². The number of carbonyl (C=O) groups is 1. The highest BCUT2D eigenvalue weighted by atomic mass is 35.5. The van der Waals surface area contributed by atoms with Gasteiger partial charge in [0.25, 0.3) is 0 Å². The zero-order chi connectivity index (χ0) is 15.7. The van der Waals surface area contributed by atoms with Gasteiger partial charge in [-0.05, 0) is 25.0 Å². The molecule has 1 atom stereocenters. The van der Waals surface area contributed by atoms with Crippen LogP contribution >= 0.6 is 23.2 Å². The lowest BCUT2D eigenvalue weighted by atomic mass is 10.1.